The summed E-state index contributed by atoms with van der Waals surface area (Å²) < 4.78 is 2.25. The number of para-hydroxylation sites is 1. The maximum Gasteiger partial charge on any atom is 0.241 e. The Morgan fingerprint density at radius 2 is 1.63 bits per heavy atom. The summed E-state index contributed by atoms with van der Waals surface area (Å²) in [6.45, 7) is 2.15. The van der Waals surface area contributed by atoms with Crippen LogP contribution in [0, 0.1) is 0 Å². The van der Waals surface area contributed by atoms with E-state index in [4.69, 9.17) is 5.73 Å². The van der Waals surface area contributed by atoms with Crippen molar-refractivity contribution in [2.45, 2.75) is 19.0 Å². The minimum atomic E-state index is -0.415. The van der Waals surface area contributed by atoms with E-state index in [2.05, 4.69) is 39.9 Å². The van der Waals surface area contributed by atoms with Gasteiger partial charge in [0.05, 0.1) is 12.6 Å². The summed E-state index contributed by atoms with van der Waals surface area (Å²) in [5, 5.41) is 0. The lowest BCUT2D eigenvalue weighted by molar-refractivity contribution is -0.120. The first-order valence-corrected chi connectivity index (χ1v) is 10.2. The van der Waals surface area contributed by atoms with Crippen LogP contribution in [0.25, 0.3) is 0 Å². The molecule has 1 aromatic heterocycles. The normalized spacial score (nSPS) is 16.1. The van der Waals surface area contributed by atoms with Crippen LogP contribution in [-0.2, 0) is 16.1 Å². The fraction of sp³-hybridized carbons (Fsp3) is 0.250. The zero-order chi connectivity index (χ0) is 20.9. The summed E-state index contributed by atoms with van der Waals surface area (Å²) >= 11 is 0. The molecule has 1 aliphatic heterocycles. The van der Waals surface area contributed by atoms with Crippen LogP contribution in [0.2, 0.25) is 0 Å². The number of amides is 2. The standard InChI is InChI=1S/C24H26N4O2/c25-22(29)13-15-28(20-10-5-2-6-11-20)23(30)18-27-17-16-26-14-7-12-21(26)24(27)19-8-3-1-4-9-19/h1-12,14,24H,13,15-18H2,(H2,25,29). The first-order valence-electron chi connectivity index (χ1n) is 10.2. The molecule has 0 bridgehead atoms. The number of fused-ring (bicyclic) bond motifs is 1. The first-order chi connectivity index (χ1) is 14.6. The summed E-state index contributed by atoms with van der Waals surface area (Å²) in [6.07, 6.45) is 2.22. The number of nitrogens with two attached hydrogens (primary N) is 1. The lowest BCUT2D eigenvalue weighted by Crippen LogP contribution is -2.46. The maximum absolute atomic E-state index is 13.4. The van der Waals surface area contributed by atoms with Crippen molar-refractivity contribution in [1.29, 1.82) is 0 Å². The molecule has 3 aromatic rings. The van der Waals surface area contributed by atoms with E-state index < -0.39 is 5.91 Å². The van der Waals surface area contributed by atoms with Crippen molar-refractivity contribution < 1.29 is 9.59 Å². The van der Waals surface area contributed by atoms with Crippen molar-refractivity contribution in [2.24, 2.45) is 5.73 Å². The van der Waals surface area contributed by atoms with Crippen LogP contribution in [0.5, 0.6) is 0 Å². The number of aromatic nitrogens is 1. The third kappa shape index (κ3) is 4.28. The Balaban J connectivity index is 1.60. The fourth-order valence-electron chi connectivity index (χ4n) is 4.11. The number of anilines is 1. The average Bonchev–Trinajstić information content (AvgIpc) is 3.24. The molecule has 6 nitrogen and oxygen atoms in total. The molecule has 0 saturated carbocycles. The molecule has 6 heteroatoms. The smallest absolute Gasteiger partial charge is 0.241 e. The van der Waals surface area contributed by atoms with Gasteiger partial charge in [-0.2, -0.15) is 0 Å². The van der Waals surface area contributed by atoms with Gasteiger partial charge < -0.3 is 15.2 Å². The summed E-state index contributed by atoms with van der Waals surface area (Å²) in [6, 6.07) is 23.9. The van der Waals surface area contributed by atoms with E-state index in [0.29, 0.717) is 0 Å². The molecule has 0 radical (unpaired) electrons. The van der Waals surface area contributed by atoms with Crippen LogP contribution in [0.4, 0.5) is 5.69 Å². The second kappa shape index (κ2) is 8.97. The van der Waals surface area contributed by atoms with E-state index in [9.17, 15) is 9.59 Å². The van der Waals surface area contributed by atoms with Crippen molar-refractivity contribution in [3.63, 3.8) is 0 Å². The SMILES string of the molecule is NC(=O)CCN(C(=O)CN1CCn2cccc2C1c1ccccc1)c1ccccc1. The number of hydrogen-bond donors (Lipinski definition) is 1. The maximum atomic E-state index is 13.4. The van der Waals surface area contributed by atoms with Crippen LogP contribution >= 0.6 is 0 Å². The molecule has 1 aliphatic rings. The van der Waals surface area contributed by atoms with Crippen LogP contribution in [0.15, 0.2) is 79.0 Å². The predicted octanol–water partition coefficient (Wildman–Crippen LogP) is 2.80. The van der Waals surface area contributed by atoms with Gasteiger partial charge in [-0.3, -0.25) is 14.5 Å². The van der Waals surface area contributed by atoms with Gasteiger partial charge in [0.2, 0.25) is 11.8 Å². The molecule has 0 fully saturated rings. The van der Waals surface area contributed by atoms with Gasteiger partial charge in [0.1, 0.15) is 0 Å². The van der Waals surface area contributed by atoms with Gasteiger partial charge in [0.15, 0.2) is 0 Å². The molecule has 0 aliphatic carbocycles. The number of primary amides is 1. The zero-order valence-corrected chi connectivity index (χ0v) is 16.9. The van der Waals surface area contributed by atoms with Crippen molar-refractivity contribution >= 4 is 17.5 Å². The second-order valence-electron chi connectivity index (χ2n) is 7.51. The number of rotatable bonds is 7. The summed E-state index contributed by atoms with van der Waals surface area (Å²) in [7, 11) is 0. The number of carbonyl (C=O) groups is 2. The lowest BCUT2D eigenvalue weighted by atomic mass is 10.00. The van der Waals surface area contributed by atoms with Crippen molar-refractivity contribution in [2.75, 3.05) is 24.5 Å². The minimum absolute atomic E-state index is 0.00710. The Labute approximate surface area is 176 Å². The summed E-state index contributed by atoms with van der Waals surface area (Å²) in [5.74, 6) is -0.454. The van der Waals surface area contributed by atoms with Gasteiger partial charge in [-0.25, -0.2) is 0 Å². The van der Waals surface area contributed by atoms with Crippen molar-refractivity contribution in [1.82, 2.24) is 9.47 Å². The third-order valence-corrected chi connectivity index (χ3v) is 5.54. The highest BCUT2D eigenvalue weighted by Crippen LogP contribution is 2.32. The number of hydrogen-bond acceptors (Lipinski definition) is 3. The van der Waals surface area contributed by atoms with Crippen LogP contribution in [0.3, 0.4) is 0 Å². The molecule has 2 heterocycles. The first kappa shape index (κ1) is 19.9. The largest absolute Gasteiger partial charge is 0.370 e. The summed E-state index contributed by atoms with van der Waals surface area (Å²) in [4.78, 5) is 28.6. The van der Waals surface area contributed by atoms with Crippen molar-refractivity contribution in [3.05, 3.63) is 90.3 Å². The Morgan fingerprint density at radius 3 is 2.33 bits per heavy atom. The highest BCUT2D eigenvalue weighted by molar-refractivity contribution is 5.95. The molecule has 0 saturated heterocycles. The number of carbonyl (C=O) groups excluding carboxylic acids is 2. The topological polar surface area (TPSA) is 71.6 Å². The molecule has 2 amide bonds. The van der Waals surface area contributed by atoms with Crippen LogP contribution in [-0.4, -0.2) is 40.9 Å². The molecular formula is C24H26N4O2. The summed E-state index contributed by atoms with van der Waals surface area (Å²) in [5.41, 5.74) is 8.48. The molecule has 4 rings (SSSR count). The van der Waals surface area contributed by atoms with Crippen molar-refractivity contribution in [3.8, 4) is 0 Å². The zero-order valence-electron chi connectivity index (χ0n) is 16.9. The Bertz CT molecular complexity index is 1000. The predicted molar refractivity (Wildman–Crippen MR) is 117 cm³/mol. The molecule has 2 aromatic carbocycles. The number of nitrogens with zero attached hydrogens (tertiary/aromatic N) is 3. The third-order valence-electron chi connectivity index (χ3n) is 5.54. The van der Waals surface area contributed by atoms with Gasteiger partial charge >= 0.3 is 0 Å². The molecule has 0 spiro atoms. The van der Waals surface area contributed by atoms with Gasteiger partial charge in [0, 0.05) is 43.6 Å². The van der Waals surface area contributed by atoms with E-state index in [0.717, 1.165) is 24.3 Å². The molecule has 30 heavy (non-hydrogen) atoms. The Hall–Kier alpha value is -3.38. The van der Waals surface area contributed by atoms with E-state index in [1.165, 1.54) is 5.69 Å². The molecule has 154 valence electrons. The van der Waals surface area contributed by atoms with E-state index in [1.54, 1.807) is 4.90 Å². The van der Waals surface area contributed by atoms with Crippen LogP contribution in [0.1, 0.15) is 23.7 Å². The van der Waals surface area contributed by atoms with Gasteiger partial charge in [-0.1, -0.05) is 48.5 Å². The Kier molecular flexibility index (Phi) is 5.95. The molecular weight excluding hydrogens is 376 g/mol. The van der Waals surface area contributed by atoms with Gasteiger partial charge in [-0.15, -0.1) is 0 Å². The molecule has 1 unspecified atom stereocenters. The highest BCUT2D eigenvalue weighted by Gasteiger charge is 2.31. The minimum Gasteiger partial charge on any atom is -0.370 e. The van der Waals surface area contributed by atoms with Gasteiger partial charge in [0.25, 0.3) is 0 Å². The highest BCUT2D eigenvalue weighted by atomic mass is 16.2. The molecule has 1 atom stereocenters. The quantitative estimate of drug-likeness (QED) is 0.661. The monoisotopic (exact) mass is 402 g/mol. The Morgan fingerprint density at radius 1 is 0.933 bits per heavy atom. The van der Waals surface area contributed by atoms with E-state index >= 15 is 0 Å². The number of benzene rings is 2. The fourth-order valence-corrected chi connectivity index (χ4v) is 4.11. The van der Waals surface area contributed by atoms with Crippen LogP contribution < -0.4 is 10.6 Å². The van der Waals surface area contributed by atoms with E-state index in [1.807, 2.05) is 48.5 Å². The van der Waals surface area contributed by atoms with E-state index in [-0.39, 0.29) is 31.5 Å². The second-order valence-corrected chi connectivity index (χ2v) is 7.51. The lowest BCUT2D eigenvalue weighted by Gasteiger charge is -2.38. The molecule has 2 N–H and O–H groups in total. The van der Waals surface area contributed by atoms with Gasteiger partial charge in [-0.05, 0) is 29.8 Å². The average molecular weight is 402 g/mol.